The fourth-order valence-electron chi connectivity index (χ4n) is 7.23. The molecule has 9 rings (SSSR count). The summed E-state index contributed by atoms with van der Waals surface area (Å²) in [7, 11) is 0. The normalized spacial score (nSPS) is 11.4. The zero-order valence-electron chi connectivity index (χ0n) is 29.1. The van der Waals surface area contributed by atoms with Crippen molar-refractivity contribution in [3.05, 3.63) is 188 Å². The number of aromatic nitrogens is 4. The summed E-state index contributed by atoms with van der Waals surface area (Å²) < 4.78 is 4.52. The van der Waals surface area contributed by atoms with Gasteiger partial charge in [0.15, 0.2) is 11.6 Å². The second-order valence-corrected chi connectivity index (χ2v) is 13.4. The molecule has 0 saturated heterocycles. The molecule has 0 radical (unpaired) electrons. The first-order chi connectivity index (χ1) is 25.6. The smallest absolute Gasteiger partial charge is 0.168 e. The Hall–Kier alpha value is -6.72. The van der Waals surface area contributed by atoms with Gasteiger partial charge < -0.3 is 9.47 Å². The summed E-state index contributed by atoms with van der Waals surface area (Å²) in [6, 6.07) is 64.3. The predicted octanol–water partition coefficient (Wildman–Crippen LogP) is 12.3. The Morgan fingerprint density at radius 2 is 0.827 bits per heavy atom. The molecule has 0 amide bonds. The number of hydrogen-bond acceptors (Lipinski definition) is 3. The molecule has 0 spiro atoms. The summed E-state index contributed by atoms with van der Waals surface area (Å²) in [6.07, 6.45) is 0. The number of benzene rings is 7. The molecule has 7 aromatic carbocycles. The summed E-state index contributed by atoms with van der Waals surface area (Å²) in [6.45, 7) is 4.43. The first-order valence-corrected chi connectivity index (χ1v) is 17.8. The van der Waals surface area contributed by atoms with E-state index in [1.54, 1.807) is 0 Å². The van der Waals surface area contributed by atoms with Crippen LogP contribution in [0.2, 0.25) is 0 Å². The van der Waals surface area contributed by atoms with Crippen molar-refractivity contribution in [3.63, 3.8) is 0 Å². The SMILES string of the molecule is CC(C)c1ccc(-n2c(-c3ccccc3)nnc2-c2ccc(N(c3ccccc3)c3ccc(-n4c5ccccc5c5ccccc54)cc3)cc2)cc1. The molecular weight excluding hydrogens is 635 g/mol. The topological polar surface area (TPSA) is 38.9 Å². The third kappa shape index (κ3) is 5.53. The van der Waals surface area contributed by atoms with Gasteiger partial charge in [-0.1, -0.05) is 111 Å². The summed E-state index contributed by atoms with van der Waals surface area (Å²) in [5, 5.41) is 12.0. The third-order valence-corrected chi connectivity index (χ3v) is 9.86. The van der Waals surface area contributed by atoms with Crippen LogP contribution in [0.1, 0.15) is 25.3 Å². The van der Waals surface area contributed by atoms with E-state index >= 15 is 0 Å². The van der Waals surface area contributed by atoms with Crippen LogP contribution in [-0.4, -0.2) is 19.3 Å². The van der Waals surface area contributed by atoms with E-state index in [-0.39, 0.29) is 0 Å². The Kier molecular flexibility index (Phi) is 7.94. The maximum atomic E-state index is 4.76. The average molecular weight is 672 g/mol. The van der Waals surface area contributed by atoms with Gasteiger partial charge in [0.2, 0.25) is 0 Å². The Balaban J connectivity index is 1.11. The van der Waals surface area contributed by atoms with Gasteiger partial charge in [-0.3, -0.25) is 4.57 Å². The minimum absolute atomic E-state index is 0.452. The number of anilines is 3. The monoisotopic (exact) mass is 671 g/mol. The van der Waals surface area contributed by atoms with E-state index in [9.17, 15) is 0 Å². The Labute approximate surface area is 303 Å². The Morgan fingerprint density at radius 1 is 0.404 bits per heavy atom. The van der Waals surface area contributed by atoms with Crippen molar-refractivity contribution in [3.8, 4) is 34.2 Å². The molecule has 250 valence electrons. The number of fused-ring (bicyclic) bond motifs is 3. The second-order valence-electron chi connectivity index (χ2n) is 13.4. The van der Waals surface area contributed by atoms with Crippen LogP contribution in [-0.2, 0) is 0 Å². The first-order valence-electron chi connectivity index (χ1n) is 17.8. The molecule has 0 aliphatic carbocycles. The molecule has 0 unspecified atom stereocenters. The van der Waals surface area contributed by atoms with Gasteiger partial charge in [0, 0.05) is 50.3 Å². The van der Waals surface area contributed by atoms with Crippen LogP contribution in [0.5, 0.6) is 0 Å². The molecule has 5 heteroatoms. The molecule has 0 aliphatic heterocycles. The fourth-order valence-corrected chi connectivity index (χ4v) is 7.23. The zero-order valence-corrected chi connectivity index (χ0v) is 29.1. The van der Waals surface area contributed by atoms with E-state index in [0.29, 0.717) is 5.92 Å². The van der Waals surface area contributed by atoms with E-state index in [4.69, 9.17) is 10.2 Å². The van der Waals surface area contributed by atoms with E-state index in [2.05, 4.69) is 192 Å². The van der Waals surface area contributed by atoms with Crippen LogP contribution in [0.15, 0.2) is 182 Å². The molecule has 2 heterocycles. The van der Waals surface area contributed by atoms with Crippen molar-refractivity contribution in [2.75, 3.05) is 4.90 Å². The van der Waals surface area contributed by atoms with Crippen LogP contribution in [0.4, 0.5) is 17.1 Å². The highest BCUT2D eigenvalue weighted by atomic mass is 15.3. The van der Waals surface area contributed by atoms with Gasteiger partial charge in [-0.05, 0) is 96.4 Å². The molecule has 0 N–H and O–H groups in total. The minimum Gasteiger partial charge on any atom is -0.311 e. The highest BCUT2D eigenvalue weighted by Gasteiger charge is 2.19. The van der Waals surface area contributed by atoms with Crippen LogP contribution in [0.3, 0.4) is 0 Å². The van der Waals surface area contributed by atoms with Gasteiger partial charge in [-0.15, -0.1) is 10.2 Å². The molecule has 0 aliphatic rings. The average Bonchev–Trinajstić information content (AvgIpc) is 3.80. The lowest BCUT2D eigenvalue weighted by Crippen LogP contribution is -2.10. The standard InChI is InChI=1S/C47H37N5/c1-33(2)34-21-25-41(26-22-34)52-46(35-13-5-3-6-14-35)48-49-47(52)36-23-27-38(28-24-36)50(37-15-7-4-8-16-37)39-29-31-40(32-30-39)51-44-19-11-9-17-42(44)43-18-10-12-20-45(43)51/h3-33H,1-2H3. The third-order valence-electron chi connectivity index (χ3n) is 9.86. The van der Waals surface area contributed by atoms with Crippen LogP contribution in [0.25, 0.3) is 56.0 Å². The number of para-hydroxylation sites is 3. The summed E-state index contributed by atoms with van der Waals surface area (Å²) in [5.41, 5.74) is 11.1. The van der Waals surface area contributed by atoms with Gasteiger partial charge in [-0.2, -0.15) is 0 Å². The largest absolute Gasteiger partial charge is 0.311 e. The second kappa shape index (κ2) is 13.2. The lowest BCUT2D eigenvalue weighted by atomic mass is 10.0. The van der Waals surface area contributed by atoms with E-state index in [0.717, 1.165) is 51.2 Å². The number of nitrogens with zero attached hydrogens (tertiary/aromatic N) is 5. The Bertz CT molecular complexity index is 2560. The van der Waals surface area contributed by atoms with E-state index in [1.807, 2.05) is 18.2 Å². The van der Waals surface area contributed by atoms with Gasteiger partial charge in [0.05, 0.1) is 11.0 Å². The van der Waals surface area contributed by atoms with Gasteiger partial charge >= 0.3 is 0 Å². The molecule has 5 nitrogen and oxygen atoms in total. The van der Waals surface area contributed by atoms with Gasteiger partial charge in [0.1, 0.15) is 0 Å². The van der Waals surface area contributed by atoms with Gasteiger partial charge in [-0.25, -0.2) is 0 Å². The molecule has 0 bridgehead atoms. The predicted molar refractivity (Wildman–Crippen MR) is 215 cm³/mol. The summed E-state index contributed by atoms with van der Waals surface area (Å²) in [4.78, 5) is 2.30. The van der Waals surface area contributed by atoms with E-state index < -0.39 is 0 Å². The molecule has 52 heavy (non-hydrogen) atoms. The number of hydrogen-bond donors (Lipinski definition) is 0. The quantitative estimate of drug-likeness (QED) is 0.161. The summed E-state index contributed by atoms with van der Waals surface area (Å²) in [5.74, 6) is 2.06. The maximum Gasteiger partial charge on any atom is 0.168 e. The summed E-state index contributed by atoms with van der Waals surface area (Å²) >= 11 is 0. The highest BCUT2D eigenvalue weighted by Crippen LogP contribution is 2.38. The van der Waals surface area contributed by atoms with E-state index in [1.165, 1.54) is 27.4 Å². The molecule has 0 saturated carbocycles. The minimum atomic E-state index is 0.452. The highest BCUT2D eigenvalue weighted by molar-refractivity contribution is 6.09. The molecule has 0 atom stereocenters. The first kappa shape index (κ1) is 31.3. The lowest BCUT2D eigenvalue weighted by molar-refractivity contribution is 0.865. The maximum absolute atomic E-state index is 4.76. The van der Waals surface area contributed by atoms with Crippen molar-refractivity contribution in [2.45, 2.75) is 19.8 Å². The molecule has 2 aromatic heterocycles. The molecule has 9 aromatic rings. The lowest BCUT2D eigenvalue weighted by Gasteiger charge is -2.26. The molecule has 0 fully saturated rings. The Morgan fingerprint density at radius 3 is 1.38 bits per heavy atom. The van der Waals surface area contributed by atoms with Crippen molar-refractivity contribution >= 4 is 38.9 Å². The van der Waals surface area contributed by atoms with Crippen molar-refractivity contribution in [1.29, 1.82) is 0 Å². The van der Waals surface area contributed by atoms with Crippen molar-refractivity contribution < 1.29 is 0 Å². The van der Waals surface area contributed by atoms with Crippen LogP contribution in [0, 0.1) is 0 Å². The van der Waals surface area contributed by atoms with Crippen LogP contribution < -0.4 is 4.90 Å². The fraction of sp³-hybridized carbons (Fsp3) is 0.0638. The zero-order chi connectivity index (χ0) is 35.0. The van der Waals surface area contributed by atoms with Crippen LogP contribution >= 0.6 is 0 Å². The number of rotatable bonds is 8. The van der Waals surface area contributed by atoms with Crippen molar-refractivity contribution in [1.82, 2.24) is 19.3 Å². The van der Waals surface area contributed by atoms with Gasteiger partial charge in [0.25, 0.3) is 0 Å². The van der Waals surface area contributed by atoms with Crippen molar-refractivity contribution in [2.24, 2.45) is 0 Å². The molecular formula is C47H37N5.